The molecule has 0 bridgehead atoms. The van der Waals surface area contributed by atoms with Gasteiger partial charge in [0.25, 0.3) is 0 Å². The summed E-state index contributed by atoms with van der Waals surface area (Å²) in [5.41, 5.74) is -0.828. The van der Waals surface area contributed by atoms with Gasteiger partial charge in [0, 0.05) is 48.3 Å². The molecular formula is C24H33ClN2O4. The number of rotatable bonds is 5. The first-order valence-corrected chi connectivity index (χ1v) is 11.4. The van der Waals surface area contributed by atoms with Gasteiger partial charge in [0.1, 0.15) is 5.78 Å². The molecule has 1 unspecified atom stereocenters. The number of nitrogens with one attached hydrogen (secondary N) is 1. The van der Waals surface area contributed by atoms with Crippen LogP contribution in [-0.4, -0.2) is 46.7 Å². The number of aliphatic hydroxyl groups is 1. The van der Waals surface area contributed by atoms with Gasteiger partial charge in [0.2, 0.25) is 11.8 Å². The third-order valence-electron chi connectivity index (χ3n) is 7.21. The smallest absolute Gasteiger partial charge is 0.227 e. The summed E-state index contributed by atoms with van der Waals surface area (Å²) in [4.78, 5) is 38.9. The lowest BCUT2D eigenvalue weighted by molar-refractivity contribution is -0.157. The lowest BCUT2D eigenvalue weighted by Gasteiger charge is -2.51. The molecule has 2 N–H and O–H groups in total. The van der Waals surface area contributed by atoms with E-state index in [-0.39, 0.29) is 29.6 Å². The minimum atomic E-state index is -1.06. The fourth-order valence-corrected chi connectivity index (χ4v) is 4.90. The standard InChI is InChI=1S/C24H33ClN2O4/c1-15(16(2)26-21(29)17-5-10-20(28)13-17)22(30)27-12-11-24(31,23(3,4)14-27)18-6-8-19(25)9-7-18/h6-9,15-17,31H,5,10-14H2,1-4H3,(H,26,29)/t15-,16?,17-,24+/m1/s1. The zero-order valence-corrected chi connectivity index (χ0v) is 19.5. The average Bonchev–Trinajstić information content (AvgIpc) is 3.15. The molecular weight excluding hydrogens is 416 g/mol. The molecule has 0 spiro atoms. The fraction of sp³-hybridized carbons (Fsp3) is 0.625. The van der Waals surface area contributed by atoms with Crippen LogP contribution in [0.2, 0.25) is 5.02 Å². The molecule has 1 saturated carbocycles. The molecule has 1 saturated heterocycles. The number of nitrogens with zero attached hydrogens (tertiary/aromatic N) is 1. The van der Waals surface area contributed by atoms with E-state index in [1.165, 1.54) is 0 Å². The summed E-state index contributed by atoms with van der Waals surface area (Å²) in [5, 5.41) is 15.0. The Hall–Kier alpha value is -1.92. The number of hydrogen-bond donors (Lipinski definition) is 2. The van der Waals surface area contributed by atoms with Gasteiger partial charge in [-0.25, -0.2) is 0 Å². The summed E-state index contributed by atoms with van der Waals surface area (Å²) >= 11 is 6.00. The van der Waals surface area contributed by atoms with E-state index in [1.807, 2.05) is 39.8 Å². The van der Waals surface area contributed by atoms with Gasteiger partial charge in [-0.1, -0.05) is 44.5 Å². The van der Waals surface area contributed by atoms with Crippen LogP contribution in [0.25, 0.3) is 0 Å². The molecule has 170 valence electrons. The van der Waals surface area contributed by atoms with E-state index >= 15 is 0 Å². The van der Waals surface area contributed by atoms with Gasteiger partial charge in [-0.2, -0.15) is 0 Å². The predicted molar refractivity (Wildman–Crippen MR) is 119 cm³/mol. The van der Waals surface area contributed by atoms with Crippen molar-refractivity contribution in [2.24, 2.45) is 17.3 Å². The molecule has 1 aliphatic carbocycles. The van der Waals surface area contributed by atoms with Crippen molar-refractivity contribution in [3.05, 3.63) is 34.9 Å². The second-order valence-electron chi connectivity index (χ2n) is 9.83. The highest BCUT2D eigenvalue weighted by Crippen LogP contribution is 2.46. The first-order chi connectivity index (χ1) is 14.4. The number of amides is 2. The van der Waals surface area contributed by atoms with E-state index < -0.39 is 16.9 Å². The molecule has 1 heterocycles. The number of Topliss-reactive ketones (excluding diaryl/α,β-unsaturated/α-hetero) is 1. The van der Waals surface area contributed by atoms with Crippen LogP contribution in [0.3, 0.4) is 0 Å². The van der Waals surface area contributed by atoms with Gasteiger partial charge in [0.05, 0.1) is 11.5 Å². The molecule has 31 heavy (non-hydrogen) atoms. The third kappa shape index (κ3) is 4.80. The third-order valence-corrected chi connectivity index (χ3v) is 7.46. The van der Waals surface area contributed by atoms with Crippen LogP contribution >= 0.6 is 11.6 Å². The molecule has 2 amide bonds. The van der Waals surface area contributed by atoms with E-state index in [4.69, 9.17) is 11.6 Å². The van der Waals surface area contributed by atoms with Crippen LogP contribution in [0.5, 0.6) is 0 Å². The lowest BCUT2D eigenvalue weighted by atomic mass is 9.66. The Kier molecular flexibility index (Phi) is 6.82. The number of carbonyl (C=O) groups excluding carboxylic acids is 3. The fourth-order valence-electron chi connectivity index (χ4n) is 4.78. The van der Waals surface area contributed by atoms with Crippen molar-refractivity contribution in [1.82, 2.24) is 10.2 Å². The van der Waals surface area contributed by atoms with Crippen LogP contribution in [-0.2, 0) is 20.0 Å². The highest BCUT2D eigenvalue weighted by molar-refractivity contribution is 6.30. The van der Waals surface area contributed by atoms with Gasteiger partial charge in [-0.15, -0.1) is 0 Å². The van der Waals surface area contributed by atoms with Gasteiger partial charge in [-0.05, 0) is 37.5 Å². The number of carbonyl (C=O) groups is 3. The lowest BCUT2D eigenvalue weighted by Crippen LogP contribution is -2.58. The first kappa shape index (κ1) is 23.7. The maximum Gasteiger partial charge on any atom is 0.227 e. The number of hydrogen-bond acceptors (Lipinski definition) is 4. The molecule has 1 aromatic carbocycles. The largest absolute Gasteiger partial charge is 0.384 e. The summed E-state index contributed by atoms with van der Waals surface area (Å²) in [7, 11) is 0. The predicted octanol–water partition coefficient (Wildman–Crippen LogP) is 3.30. The highest BCUT2D eigenvalue weighted by atomic mass is 35.5. The Balaban J connectivity index is 1.64. The van der Waals surface area contributed by atoms with E-state index in [0.717, 1.165) is 5.56 Å². The van der Waals surface area contributed by atoms with E-state index in [2.05, 4.69) is 5.32 Å². The molecule has 0 radical (unpaired) electrons. The van der Waals surface area contributed by atoms with Crippen LogP contribution < -0.4 is 5.32 Å². The van der Waals surface area contributed by atoms with Crippen LogP contribution in [0.1, 0.15) is 58.9 Å². The number of benzene rings is 1. The maximum atomic E-state index is 13.2. The summed E-state index contributed by atoms with van der Waals surface area (Å²) in [6.45, 7) is 8.43. The van der Waals surface area contributed by atoms with Gasteiger partial charge < -0.3 is 15.3 Å². The molecule has 2 fully saturated rings. The van der Waals surface area contributed by atoms with Crippen molar-refractivity contribution in [3.63, 3.8) is 0 Å². The van der Waals surface area contributed by atoms with E-state index in [9.17, 15) is 19.5 Å². The monoisotopic (exact) mass is 448 g/mol. The molecule has 4 atom stereocenters. The van der Waals surface area contributed by atoms with Gasteiger partial charge in [0.15, 0.2) is 0 Å². The highest BCUT2D eigenvalue weighted by Gasteiger charge is 2.50. The molecule has 6 nitrogen and oxygen atoms in total. The number of halogens is 1. The van der Waals surface area contributed by atoms with Crippen LogP contribution in [0.4, 0.5) is 0 Å². The average molecular weight is 449 g/mol. The van der Waals surface area contributed by atoms with Crippen molar-refractivity contribution in [3.8, 4) is 0 Å². The van der Waals surface area contributed by atoms with Crippen molar-refractivity contribution in [2.45, 2.75) is 65.0 Å². The molecule has 3 rings (SSSR count). The van der Waals surface area contributed by atoms with Crippen LogP contribution in [0.15, 0.2) is 24.3 Å². The zero-order chi connectivity index (χ0) is 23.0. The molecule has 0 aromatic heterocycles. The quantitative estimate of drug-likeness (QED) is 0.723. The van der Waals surface area contributed by atoms with Crippen molar-refractivity contribution >= 4 is 29.2 Å². The molecule has 2 aliphatic rings. The SMILES string of the molecule is CC(NC(=O)[C@@H]1CCC(=O)C1)[C@@H](C)C(=O)N1CC[C@](O)(c2ccc(Cl)cc2)C(C)(C)C1. The zero-order valence-electron chi connectivity index (χ0n) is 18.8. The summed E-state index contributed by atoms with van der Waals surface area (Å²) < 4.78 is 0. The van der Waals surface area contributed by atoms with Crippen molar-refractivity contribution in [1.29, 1.82) is 0 Å². The summed E-state index contributed by atoms with van der Waals surface area (Å²) in [6, 6.07) is 6.89. The van der Waals surface area contributed by atoms with E-state index in [0.29, 0.717) is 43.8 Å². The van der Waals surface area contributed by atoms with E-state index in [1.54, 1.807) is 17.0 Å². The first-order valence-electron chi connectivity index (χ1n) is 11.0. The maximum absolute atomic E-state index is 13.2. The summed E-state index contributed by atoms with van der Waals surface area (Å²) in [5.74, 6) is -0.740. The Labute approximate surface area is 189 Å². The summed E-state index contributed by atoms with van der Waals surface area (Å²) in [6.07, 6.45) is 1.76. The van der Waals surface area contributed by atoms with Crippen molar-refractivity contribution < 1.29 is 19.5 Å². The molecule has 1 aromatic rings. The Morgan fingerprint density at radius 1 is 1.23 bits per heavy atom. The minimum absolute atomic E-state index is 0.0403. The Morgan fingerprint density at radius 2 is 1.87 bits per heavy atom. The van der Waals surface area contributed by atoms with Crippen LogP contribution in [0, 0.1) is 17.3 Å². The van der Waals surface area contributed by atoms with Crippen molar-refractivity contribution in [2.75, 3.05) is 13.1 Å². The topological polar surface area (TPSA) is 86.7 Å². The van der Waals surface area contributed by atoms with Gasteiger partial charge >= 0.3 is 0 Å². The van der Waals surface area contributed by atoms with Gasteiger partial charge in [-0.3, -0.25) is 14.4 Å². The Bertz CT molecular complexity index is 854. The normalized spacial score (nSPS) is 27.6. The molecule has 7 heteroatoms. The minimum Gasteiger partial charge on any atom is -0.384 e. The second-order valence-corrected chi connectivity index (χ2v) is 10.3. The number of piperidine rings is 1. The Morgan fingerprint density at radius 3 is 2.42 bits per heavy atom. The molecule has 1 aliphatic heterocycles. The number of ketones is 1. The number of likely N-dealkylation sites (tertiary alicyclic amines) is 1. The second kappa shape index (κ2) is 8.91.